The van der Waals surface area contributed by atoms with Crippen molar-refractivity contribution in [3.05, 3.63) is 47.3 Å². The van der Waals surface area contributed by atoms with E-state index in [1.54, 1.807) is 4.68 Å². The third kappa shape index (κ3) is 2.88. The summed E-state index contributed by atoms with van der Waals surface area (Å²) in [7, 11) is 0. The summed E-state index contributed by atoms with van der Waals surface area (Å²) in [6.45, 7) is 4.14. The number of carbonyl (C=O) groups is 1. The minimum absolute atomic E-state index is 0.125. The number of aromatic nitrogens is 4. The van der Waals surface area contributed by atoms with Crippen LogP contribution in [-0.4, -0.2) is 25.7 Å². The van der Waals surface area contributed by atoms with Gasteiger partial charge in [-0.2, -0.15) is 5.10 Å². The fraction of sp³-hybridized carbons (Fsp3) is 0.300. The zero-order chi connectivity index (χ0) is 18.5. The first-order chi connectivity index (χ1) is 13.1. The van der Waals surface area contributed by atoms with Crippen LogP contribution in [0.2, 0.25) is 0 Å². The first kappa shape index (κ1) is 16.4. The van der Waals surface area contributed by atoms with E-state index in [4.69, 9.17) is 0 Å². The SMILES string of the molecule is Cc1cccc2sc(NC(=O)Cn3nc(C)c4c(C5CC5)ccnc43)nc12. The van der Waals surface area contributed by atoms with Crippen LogP contribution in [-0.2, 0) is 11.3 Å². The molecule has 3 aromatic heterocycles. The van der Waals surface area contributed by atoms with Crippen molar-refractivity contribution in [2.24, 2.45) is 0 Å². The second-order valence-electron chi connectivity index (χ2n) is 7.10. The molecule has 1 aromatic carbocycles. The lowest BCUT2D eigenvalue weighted by Crippen LogP contribution is -2.19. The van der Waals surface area contributed by atoms with Crippen LogP contribution in [0.3, 0.4) is 0 Å². The van der Waals surface area contributed by atoms with Gasteiger partial charge in [0.05, 0.1) is 15.9 Å². The molecule has 1 fully saturated rings. The maximum absolute atomic E-state index is 12.6. The Kier molecular flexibility index (Phi) is 3.72. The van der Waals surface area contributed by atoms with Crippen LogP contribution in [0.4, 0.5) is 5.13 Å². The molecule has 1 aliphatic carbocycles. The Hall–Kier alpha value is -2.80. The number of nitrogens with one attached hydrogen (secondary N) is 1. The molecule has 0 saturated heterocycles. The molecule has 0 atom stereocenters. The number of rotatable bonds is 4. The summed E-state index contributed by atoms with van der Waals surface area (Å²) in [5.74, 6) is 0.474. The largest absolute Gasteiger partial charge is 0.300 e. The summed E-state index contributed by atoms with van der Waals surface area (Å²) < 4.78 is 2.77. The van der Waals surface area contributed by atoms with Crippen molar-refractivity contribution in [3.8, 4) is 0 Å². The van der Waals surface area contributed by atoms with Crippen molar-refractivity contribution in [2.75, 3.05) is 5.32 Å². The van der Waals surface area contributed by atoms with Crippen LogP contribution in [0.15, 0.2) is 30.5 Å². The molecule has 1 aliphatic rings. The number of hydrogen-bond acceptors (Lipinski definition) is 5. The summed E-state index contributed by atoms with van der Waals surface area (Å²) in [6, 6.07) is 8.13. The summed E-state index contributed by atoms with van der Waals surface area (Å²) >= 11 is 1.49. The second-order valence-corrected chi connectivity index (χ2v) is 8.14. The van der Waals surface area contributed by atoms with Gasteiger partial charge in [0.2, 0.25) is 5.91 Å². The number of amides is 1. The molecule has 0 unspecified atom stereocenters. The van der Waals surface area contributed by atoms with Crippen molar-refractivity contribution in [3.63, 3.8) is 0 Å². The molecule has 1 saturated carbocycles. The molecule has 7 heteroatoms. The molecule has 5 rings (SSSR count). The molecule has 136 valence electrons. The molecule has 0 spiro atoms. The Bertz CT molecular complexity index is 1190. The normalized spacial score (nSPS) is 14.1. The highest BCUT2D eigenvalue weighted by atomic mass is 32.1. The molecule has 0 radical (unpaired) electrons. The number of fused-ring (bicyclic) bond motifs is 2. The fourth-order valence-electron chi connectivity index (χ4n) is 3.59. The smallest absolute Gasteiger partial charge is 0.247 e. The fourth-order valence-corrected chi connectivity index (χ4v) is 4.55. The van der Waals surface area contributed by atoms with Gasteiger partial charge in [-0.3, -0.25) is 4.79 Å². The Morgan fingerprint density at radius 3 is 2.93 bits per heavy atom. The minimum Gasteiger partial charge on any atom is -0.300 e. The van der Waals surface area contributed by atoms with Gasteiger partial charge in [-0.25, -0.2) is 14.6 Å². The molecule has 1 N–H and O–H groups in total. The Morgan fingerprint density at radius 2 is 2.15 bits per heavy atom. The summed E-state index contributed by atoms with van der Waals surface area (Å²) in [4.78, 5) is 21.6. The van der Waals surface area contributed by atoms with Gasteiger partial charge < -0.3 is 5.32 Å². The molecular weight excluding hydrogens is 358 g/mol. The van der Waals surface area contributed by atoms with E-state index >= 15 is 0 Å². The van der Waals surface area contributed by atoms with Gasteiger partial charge in [0, 0.05) is 11.6 Å². The van der Waals surface area contributed by atoms with Crippen molar-refractivity contribution in [1.82, 2.24) is 19.7 Å². The number of nitrogens with zero attached hydrogens (tertiary/aromatic N) is 4. The number of carbonyl (C=O) groups excluding carboxylic acids is 1. The van der Waals surface area contributed by atoms with E-state index < -0.39 is 0 Å². The molecular formula is C20H19N5OS. The monoisotopic (exact) mass is 377 g/mol. The van der Waals surface area contributed by atoms with Crippen molar-refractivity contribution in [2.45, 2.75) is 39.2 Å². The molecule has 6 nitrogen and oxygen atoms in total. The zero-order valence-electron chi connectivity index (χ0n) is 15.2. The lowest BCUT2D eigenvalue weighted by Gasteiger charge is -2.04. The summed E-state index contributed by atoms with van der Waals surface area (Å²) in [5, 5.41) is 9.20. The first-order valence-electron chi connectivity index (χ1n) is 9.08. The number of pyridine rings is 1. The van der Waals surface area contributed by atoms with E-state index in [1.165, 1.54) is 29.7 Å². The molecule has 4 aromatic rings. The van der Waals surface area contributed by atoms with Crippen LogP contribution >= 0.6 is 11.3 Å². The van der Waals surface area contributed by atoms with E-state index in [2.05, 4.69) is 26.4 Å². The number of anilines is 1. The van der Waals surface area contributed by atoms with Crippen molar-refractivity contribution < 1.29 is 4.79 Å². The van der Waals surface area contributed by atoms with Gasteiger partial charge in [-0.05, 0) is 55.9 Å². The van der Waals surface area contributed by atoms with E-state index in [1.807, 2.05) is 38.2 Å². The molecule has 3 heterocycles. The van der Waals surface area contributed by atoms with Gasteiger partial charge in [-0.15, -0.1) is 0 Å². The van der Waals surface area contributed by atoms with Crippen LogP contribution in [0.25, 0.3) is 21.3 Å². The van der Waals surface area contributed by atoms with Crippen LogP contribution in [0.1, 0.15) is 35.6 Å². The molecule has 0 bridgehead atoms. The van der Waals surface area contributed by atoms with Crippen LogP contribution in [0.5, 0.6) is 0 Å². The highest BCUT2D eigenvalue weighted by molar-refractivity contribution is 7.22. The van der Waals surface area contributed by atoms with E-state index in [0.29, 0.717) is 11.0 Å². The molecule has 0 aliphatic heterocycles. The maximum Gasteiger partial charge on any atom is 0.247 e. The lowest BCUT2D eigenvalue weighted by atomic mass is 10.1. The second kappa shape index (κ2) is 6.13. The Labute approximate surface area is 160 Å². The van der Waals surface area contributed by atoms with Crippen molar-refractivity contribution in [1.29, 1.82) is 0 Å². The minimum atomic E-state index is -0.144. The van der Waals surface area contributed by atoms with Gasteiger partial charge in [-0.1, -0.05) is 23.5 Å². The summed E-state index contributed by atoms with van der Waals surface area (Å²) in [6.07, 6.45) is 4.27. The summed E-state index contributed by atoms with van der Waals surface area (Å²) in [5.41, 5.74) is 5.07. The zero-order valence-corrected chi connectivity index (χ0v) is 16.0. The van der Waals surface area contributed by atoms with Gasteiger partial charge in [0.25, 0.3) is 0 Å². The highest BCUT2D eigenvalue weighted by Gasteiger charge is 2.27. The van der Waals surface area contributed by atoms with Gasteiger partial charge in [0.1, 0.15) is 6.54 Å². The average Bonchev–Trinajstić information content (AvgIpc) is 3.33. The van der Waals surface area contributed by atoms with Crippen LogP contribution in [0, 0.1) is 13.8 Å². The number of para-hydroxylation sites is 1. The Balaban J connectivity index is 1.42. The highest BCUT2D eigenvalue weighted by Crippen LogP contribution is 2.43. The lowest BCUT2D eigenvalue weighted by molar-refractivity contribution is -0.116. The predicted octanol–water partition coefficient (Wildman–Crippen LogP) is 4.17. The number of thiazole rings is 1. The third-order valence-corrected chi connectivity index (χ3v) is 5.95. The Morgan fingerprint density at radius 1 is 1.30 bits per heavy atom. The predicted molar refractivity (Wildman–Crippen MR) is 107 cm³/mol. The van der Waals surface area contributed by atoms with E-state index in [0.717, 1.165) is 32.5 Å². The van der Waals surface area contributed by atoms with Crippen molar-refractivity contribution >= 4 is 43.6 Å². The molecule has 1 amide bonds. The van der Waals surface area contributed by atoms with Crippen LogP contribution < -0.4 is 5.32 Å². The number of aryl methyl sites for hydroxylation is 2. The quantitative estimate of drug-likeness (QED) is 0.579. The van der Waals surface area contributed by atoms with E-state index in [9.17, 15) is 4.79 Å². The average molecular weight is 377 g/mol. The number of benzene rings is 1. The van der Waals surface area contributed by atoms with Gasteiger partial charge >= 0.3 is 0 Å². The maximum atomic E-state index is 12.6. The molecule has 27 heavy (non-hydrogen) atoms. The standard InChI is InChI=1S/C20H19N5OS/c1-11-4-3-5-15-18(11)23-20(27-15)22-16(26)10-25-19-17(12(2)24-25)14(8-9-21-19)13-6-7-13/h3-5,8-9,13H,6-7,10H2,1-2H3,(H,22,23,26). The topological polar surface area (TPSA) is 72.7 Å². The van der Waals surface area contributed by atoms with Gasteiger partial charge in [0.15, 0.2) is 10.8 Å². The number of hydrogen-bond donors (Lipinski definition) is 1. The first-order valence-corrected chi connectivity index (χ1v) is 9.90. The third-order valence-electron chi connectivity index (χ3n) is 5.02. The van der Waals surface area contributed by atoms with E-state index in [-0.39, 0.29) is 12.5 Å².